The van der Waals surface area contributed by atoms with Gasteiger partial charge in [0.2, 0.25) is 0 Å². The maximum Gasteiger partial charge on any atom is 0.115 e. The Balaban J connectivity index is 2.29. The molecule has 18 heavy (non-hydrogen) atoms. The van der Waals surface area contributed by atoms with Gasteiger partial charge in [-0.2, -0.15) is 0 Å². The molecule has 1 heterocycles. The molecule has 0 spiro atoms. The molecule has 1 aliphatic rings. The zero-order valence-corrected chi connectivity index (χ0v) is 11.0. The summed E-state index contributed by atoms with van der Waals surface area (Å²) in [7, 11) is 3.97. The quantitative estimate of drug-likeness (QED) is 0.847. The number of aliphatic hydroxyl groups is 1. The minimum Gasteiger partial charge on any atom is -0.508 e. The minimum atomic E-state index is -0.915. The van der Waals surface area contributed by atoms with Crippen molar-refractivity contribution in [3.05, 3.63) is 29.8 Å². The number of phenols is 1. The van der Waals surface area contributed by atoms with Gasteiger partial charge in [-0.05, 0) is 31.8 Å². The highest BCUT2D eigenvalue weighted by molar-refractivity contribution is 5.32. The van der Waals surface area contributed by atoms with Crippen molar-refractivity contribution in [3.8, 4) is 5.75 Å². The number of rotatable bonds is 3. The fraction of sp³-hybridized carbons (Fsp3) is 0.571. The Morgan fingerprint density at radius 2 is 2.22 bits per heavy atom. The molecular formula is C14H21NO3. The van der Waals surface area contributed by atoms with E-state index in [0.29, 0.717) is 19.6 Å². The van der Waals surface area contributed by atoms with Crippen molar-refractivity contribution in [2.45, 2.75) is 12.0 Å². The van der Waals surface area contributed by atoms with Crippen LogP contribution < -0.4 is 0 Å². The average Bonchev–Trinajstić information content (AvgIpc) is 2.32. The lowest BCUT2D eigenvalue weighted by molar-refractivity contribution is -0.123. The van der Waals surface area contributed by atoms with Gasteiger partial charge in [0.1, 0.15) is 5.75 Å². The van der Waals surface area contributed by atoms with Crippen molar-refractivity contribution in [2.24, 2.45) is 5.92 Å². The molecule has 100 valence electrons. The molecule has 4 nitrogen and oxygen atoms in total. The third kappa shape index (κ3) is 2.66. The molecule has 0 unspecified atom stereocenters. The molecule has 1 aliphatic heterocycles. The summed E-state index contributed by atoms with van der Waals surface area (Å²) in [6.07, 6.45) is 0.564. The lowest BCUT2D eigenvalue weighted by atomic mass is 9.77. The van der Waals surface area contributed by atoms with Gasteiger partial charge in [0, 0.05) is 25.5 Å². The molecule has 0 bridgehead atoms. The van der Waals surface area contributed by atoms with E-state index in [0.717, 1.165) is 12.1 Å². The van der Waals surface area contributed by atoms with Crippen LogP contribution in [0.2, 0.25) is 0 Å². The standard InChI is InChI=1S/C14H21NO3/c1-15(2)9-12-10-18-7-6-14(12,17)11-4-3-5-13(16)8-11/h3-5,8,12,16-17H,6-7,9-10H2,1-2H3/t12-,14-/m0/s1. The third-order valence-electron chi connectivity index (χ3n) is 3.55. The van der Waals surface area contributed by atoms with E-state index in [-0.39, 0.29) is 11.7 Å². The Labute approximate surface area is 108 Å². The van der Waals surface area contributed by atoms with Crippen LogP contribution in [-0.2, 0) is 10.3 Å². The number of benzene rings is 1. The van der Waals surface area contributed by atoms with E-state index in [1.165, 1.54) is 0 Å². The molecule has 0 aromatic heterocycles. The van der Waals surface area contributed by atoms with Gasteiger partial charge < -0.3 is 19.8 Å². The van der Waals surface area contributed by atoms with Crippen LogP contribution in [0, 0.1) is 5.92 Å². The second kappa shape index (κ2) is 5.26. The monoisotopic (exact) mass is 251 g/mol. The molecule has 2 atom stereocenters. The van der Waals surface area contributed by atoms with Gasteiger partial charge in [-0.15, -0.1) is 0 Å². The number of nitrogens with zero attached hydrogens (tertiary/aromatic N) is 1. The van der Waals surface area contributed by atoms with Crippen LogP contribution in [0.1, 0.15) is 12.0 Å². The van der Waals surface area contributed by atoms with E-state index in [9.17, 15) is 10.2 Å². The van der Waals surface area contributed by atoms with Crippen LogP contribution in [0.25, 0.3) is 0 Å². The number of hydrogen-bond donors (Lipinski definition) is 2. The normalized spacial score (nSPS) is 28.6. The SMILES string of the molecule is CN(C)C[C@H]1COCC[C@]1(O)c1cccc(O)c1. The first-order valence-corrected chi connectivity index (χ1v) is 6.27. The molecule has 0 amide bonds. The van der Waals surface area contributed by atoms with Crippen LogP contribution in [0.4, 0.5) is 0 Å². The fourth-order valence-electron chi connectivity index (χ4n) is 2.60. The summed E-state index contributed by atoms with van der Waals surface area (Å²) in [5.74, 6) is 0.207. The van der Waals surface area contributed by atoms with Crippen molar-refractivity contribution >= 4 is 0 Å². The van der Waals surface area contributed by atoms with Gasteiger partial charge in [-0.25, -0.2) is 0 Å². The fourth-order valence-corrected chi connectivity index (χ4v) is 2.60. The average molecular weight is 251 g/mol. The maximum atomic E-state index is 11.0. The second-order valence-corrected chi connectivity index (χ2v) is 5.26. The van der Waals surface area contributed by atoms with Crippen molar-refractivity contribution < 1.29 is 14.9 Å². The van der Waals surface area contributed by atoms with Crippen LogP contribution in [0.5, 0.6) is 5.75 Å². The van der Waals surface area contributed by atoms with Crippen LogP contribution in [0.3, 0.4) is 0 Å². The molecule has 1 fully saturated rings. The first-order valence-electron chi connectivity index (χ1n) is 6.27. The lowest BCUT2D eigenvalue weighted by Crippen LogP contribution is -2.47. The van der Waals surface area contributed by atoms with Crippen molar-refractivity contribution in [2.75, 3.05) is 33.9 Å². The molecule has 1 aromatic carbocycles. The Bertz CT molecular complexity index is 408. The van der Waals surface area contributed by atoms with Gasteiger partial charge in [0.15, 0.2) is 0 Å². The first kappa shape index (κ1) is 13.3. The highest BCUT2D eigenvalue weighted by Gasteiger charge is 2.41. The predicted molar refractivity (Wildman–Crippen MR) is 69.5 cm³/mol. The molecule has 2 rings (SSSR count). The topological polar surface area (TPSA) is 52.9 Å². The molecule has 2 N–H and O–H groups in total. The summed E-state index contributed by atoms with van der Waals surface area (Å²) in [4.78, 5) is 2.05. The predicted octanol–water partition coefficient (Wildman–Crippen LogP) is 1.18. The van der Waals surface area contributed by atoms with Gasteiger partial charge in [-0.1, -0.05) is 12.1 Å². The summed E-state index contributed by atoms with van der Waals surface area (Å²) in [6.45, 7) is 1.85. The smallest absolute Gasteiger partial charge is 0.115 e. The number of hydrogen-bond acceptors (Lipinski definition) is 4. The molecule has 4 heteroatoms. The summed E-state index contributed by atoms with van der Waals surface area (Å²) in [5.41, 5.74) is -0.140. The minimum absolute atomic E-state index is 0.0167. The van der Waals surface area contributed by atoms with Crippen LogP contribution >= 0.6 is 0 Å². The summed E-state index contributed by atoms with van der Waals surface area (Å²) in [6, 6.07) is 6.90. The van der Waals surface area contributed by atoms with E-state index >= 15 is 0 Å². The van der Waals surface area contributed by atoms with Crippen molar-refractivity contribution in [1.82, 2.24) is 4.90 Å². The summed E-state index contributed by atoms with van der Waals surface area (Å²) < 4.78 is 5.48. The van der Waals surface area contributed by atoms with Crippen molar-refractivity contribution in [3.63, 3.8) is 0 Å². The zero-order valence-electron chi connectivity index (χ0n) is 11.0. The van der Waals surface area contributed by atoms with Gasteiger partial charge in [0.25, 0.3) is 0 Å². The first-order chi connectivity index (χ1) is 8.52. The van der Waals surface area contributed by atoms with E-state index < -0.39 is 5.60 Å². The lowest BCUT2D eigenvalue weighted by Gasteiger charge is -2.41. The Morgan fingerprint density at radius 3 is 2.89 bits per heavy atom. The third-order valence-corrected chi connectivity index (χ3v) is 3.55. The van der Waals surface area contributed by atoms with Gasteiger partial charge >= 0.3 is 0 Å². The highest BCUT2D eigenvalue weighted by Crippen LogP contribution is 2.37. The van der Waals surface area contributed by atoms with E-state index in [1.54, 1.807) is 18.2 Å². The highest BCUT2D eigenvalue weighted by atomic mass is 16.5. The van der Waals surface area contributed by atoms with Crippen molar-refractivity contribution in [1.29, 1.82) is 0 Å². The molecule has 0 radical (unpaired) electrons. The van der Waals surface area contributed by atoms with E-state index in [4.69, 9.17) is 4.74 Å². The van der Waals surface area contributed by atoms with E-state index in [2.05, 4.69) is 0 Å². The Morgan fingerprint density at radius 1 is 1.44 bits per heavy atom. The van der Waals surface area contributed by atoms with E-state index in [1.807, 2.05) is 25.1 Å². The zero-order chi connectivity index (χ0) is 13.2. The molecule has 1 aromatic rings. The Kier molecular flexibility index (Phi) is 3.90. The molecular weight excluding hydrogens is 230 g/mol. The summed E-state index contributed by atoms with van der Waals surface area (Å²) >= 11 is 0. The summed E-state index contributed by atoms with van der Waals surface area (Å²) in [5, 5.41) is 20.5. The van der Waals surface area contributed by atoms with Gasteiger partial charge in [-0.3, -0.25) is 0 Å². The number of ether oxygens (including phenoxy) is 1. The maximum absolute atomic E-state index is 11.0. The Hall–Kier alpha value is -1.10. The molecule has 0 saturated carbocycles. The largest absolute Gasteiger partial charge is 0.508 e. The molecule has 0 aliphatic carbocycles. The van der Waals surface area contributed by atoms with Crippen LogP contribution in [-0.4, -0.2) is 49.0 Å². The van der Waals surface area contributed by atoms with Gasteiger partial charge in [0.05, 0.1) is 12.2 Å². The number of aromatic hydroxyl groups is 1. The number of phenolic OH excluding ortho intramolecular Hbond substituents is 1. The van der Waals surface area contributed by atoms with Crippen LogP contribution in [0.15, 0.2) is 24.3 Å². The second-order valence-electron chi connectivity index (χ2n) is 5.26. The molecule has 1 saturated heterocycles.